The summed E-state index contributed by atoms with van der Waals surface area (Å²) in [6.45, 7) is 7.03. The van der Waals surface area contributed by atoms with E-state index in [1.807, 2.05) is 0 Å². The molecule has 1 amide bonds. The first-order valence-corrected chi connectivity index (χ1v) is 7.06. The van der Waals surface area contributed by atoms with E-state index in [0.717, 1.165) is 0 Å². The van der Waals surface area contributed by atoms with Crippen LogP contribution in [0, 0.1) is 6.92 Å². The van der Waals surface area contributed by atoms with Gasteiger partial charge in [-0.05, 0) is 52.0 Å². The lowest BCUT2D eigenvalue weighted by Crippen LogP contribution is -2.27. The third-order valence-corrected chi connectivity index (χ3v) is 2.79. The van der Waals surface area contributed by atoms with Crippen LogP contribution in [0.2, 0.25) is 0 Å². The number of aromatic carboxylic acids is 1. The van der Waals surface area contributed by atoms with E-state index in [1.54, 1.807) is 52.0 Å². The van der Waals surface area contributed by atoms with Crippen LogP contribution in [0.25, 0.3) is 5.69 Å². The number of nitrogens with one attached hydrogen (secondary N) is 1. The second-order valence-corrected chi connectivity index (χ2v) is 6.07. The number of ether oxygens (including phenoxy) is 1. The van der Waals surface area contributed by atoms with Gasteiger partial charge in [-0.15, -0.1) is 0 Å². The largest absolute Gasteiger partial charge is 0.477 e. The fourth-order valence-corrected chi connectivity index (χ4v) is 1.99. The van der Waals surface area contributed by atoms with Crippen LogP contribution in [0.15, 0.2) is 30.3 Å². The predicted molar refractivity (Wildman–Crippen MR) is 85.1 cm³/mol. The molecule has 7 heteroatoms. The summed E-state index contributed by atoms with van der Waals surface area (Å²) in [5.41, 5.74) is 1.06. The Bertz CT molecular complexity index is 744. The Morgan fingerprint density at radius 2 is 1.96 bits per heavy atom. The summed E-state index contributed by atoms with van der Waals surface area (Å²) in [5.74, 6) is -1.07. The smallest absolute Gasteiger partial charge is 0.412 e. The molecule has 0 spiro atoms. The van der Waals surface area contributed by atoms with Gasteiger partial charge in [0.1, 0.15) is 5.60 Å². The van der Waals surface area contributed by atoms with Gasteiger partial charge in [-0.2, -0.15) is 5.10 Å². The van der Waals surface area contributed by atoms with Crippen molar-refractivity contribution in [3.8, 4) is 5.69 Å². The van der Waals surface area contributed by atoms with Crippen LogP contribution in [0.4, 0.5) is 10.5 Å². The number of aryl methyl sites for hydroxylation is 1. The van der Waals surface area contributed by atoms with Crippen molar-refractivity contribution in [1.29, 1.82) is 0 Å². The number of carbonyl (C=O) groups is 2. The van der Waals surface area contributed by atoms with Crippen LogP contribution in [0.5, 0.6) is 0 Å². The highest BCUT2D eigenvalue weighted by atomic mass is 16.6. The van der Waals surface area contributed by atoms with Gasteiger partial charge >= 0.3 is 12.1 Å². The molecule has 0 aliphatic rings. The van der Waals surface area contributed by atoms with Crippen LogP contribution >= 0.6 is 0 Å². The summed E-state index contributed by atoms with van der Waals surface area (Å²) in [5, 5.41) is 16.0. The van der Waals surface area contributed by atoms with Crippen molar-refractivity contribution < 1.29 is 19.4 Å². The maximum atomic E-state index is 11.8. The van der Waals surface area contributed by atoms with Crippen molar-refractivity contribution in [1.82, 2.24) is 9.78 Å². The van der Waals surface area contributed by atoms with Crippen molar-refractivity contribution in [2.45, 2.75) is 33.3 Å². The van der Waals surface area contributed by atoms with Gasteiger partial charge in [0, 0.05) is 5.69 Å². The molecule has 23 heavy (non-hydrogen) atoms. The highest BCUT2D eigenvalue weighted by Crippen LogP contribution is 2.18. The number of anilines is 1. The van der Waals surface area contributed by atoms with E-state index in [2.05, 4.69) is 10.4 Å². The number of rotatable bonds is 3. The molecule has 0 fully saturated rings. The second kappa shape index (κ2) is 6.12. The topological polar surface area (TPSA) is 93.5 Å². The minimum atomic E-state index is -1.07. The normalized spacial score (nSPS) is 11.1. The number of hydrogen-bond donors (Lipinski definition) is 2. The summed E-state index contributed by atoms with van der Waals surface area (Å²) in [6, 6.07) is 8.20. The average Bonchev–Trinajstić information content (AvgIpc) is 2.79. The monoisotopic (exact) mass is 317 g/mol. The molecule has 0 radical (unpaired) electrons. The first kappa shape index (κ1) is 16.5. The Kier molecular flexibility index (Phi) is 4.40. The number of benzene rings is 1. The molecule has 2 N–H and O–H groups in total. The minimum absolute atomic E-state index is 0.0527. The van der Waals surface area contributed by atoms with Crippen molar-refractivity contribution in [3.63, 3.8) is 0 Å². The highest BCUT2D eigenvalue weighted by Gasteiger charge is 2.17. The zero-order chi connectivity index (χ0) is 17.2. The van der Waals surface area contributed by atoms with Crippen LogP contribution < -0.4 is 5.32 Å². The standard InChI is InChI=1S/C16H19N3O4/c1-10-8-13(14(20)21)19(18-10)12-7-5-6-11(9-12)17-15(22)23-16(2,3)4/h5-9H,1-4H3,(H,17,22)(H,20,21). The maximum absolute atomic E-state index is 11.8. The molecule has 0 saturated carbocycles. The molecule has 2 aromatic rings. The Hall–Kier alpha value is -2.83. The van der Waals surface area contributed by atoms with E-state index in [4.69, 9.17) is 4.74 Å². The number of nitrogens with zero attached hydrogens (tertiary/aromatic N) is 2. The average molecular weight is 317 g/mol. The lowest BCUT2D eigenvalue weighted by atomic mass is 10.2. The van der Waals surface area contributed by atoms with Crippen LogP contribution in [0.3, 0.4) is 0 Å². The minimum Gasteiger partial charge on any atom is -0.477 e. The SMILES string of the molecule is Cc1cc(C(=O)O)n(-c2cccc(NC(=O)OC(C)(C)C)c2)n1. The second-order valence-electron chi connectivity index (χ2n) is 6.07. The molecule has 0 saturated heterocycles. The highest BCUT2D eigenvalue weighted by molar-refractivity contribution is 5.87. The van der Waals surface area contributed by atoms with Crippen LogP contribution in [-0.2, 0) is 4.74 Å². The number of aromatic nitrogens is 2. The van der Waals surface area contributed by atoms with Gasteiger partial charge in [0.15, 0.2) is 5.69 Å². The molecule has 2 rings (SSSR count). The van der Waals surface area contributed by atoms with E-state index < -0.39 is 17.7 Å². The number of hydrogen-bond acceptors (Lipinski definition) is 4. The maximum Gasteiger partial charge on any atom is 0.412 e. The van der Waals surface area contributed by atoms with Crippen LogP contribution in [0.1, 0.15) is 37.0 Å². The van der Waals surface area contributed by atoms with E-state index >= 15 is 0 Å². The van der Waals surface area contributed by atoms with Gasteiger partial charge in [0.05, 0.1) is 11.4 Å². The van der Waals surface area contributed by atoms with E-state index in [0.29, 0.717) is 17.1 Å². The number of carboxylic acid groups (broad SMARTS) is 1. The van der Waals surface area contributed by atoms with Gasteiger partial charge in [-0.25, -0.2) is 14.3 Å². The number of amides is 1. The zero-order valence-corrected chi connectivity index (χ0v) is 13.5. The summed E-state index contributed by atoms with van der Waals surface area (Å²) in [7, 11) is 0. The molecule has 0 unspecified atom stereocenters. The van der Waals surface area contributed by atoms with Gasteiger partial charge < -0.3 is 9.84 Å². The lowest BCUT2D eigenvalue weighted by Gasteiger charge is -2.19. The molecule has 0 atom stereocenters. The summed E-state index contributed by atoms with van der Waals surface area (Å²) in [6.07, 6.45) is -0.579. The Balaban J connectivity index is 2.27. The molecule has 0 aliphatic heterocycles. The molecular weight excluding hydrogens is 298 g/mol. The Labute approximate surface area is 133 Å². The van der Waals surface area contributed by atoms with E-state index in [1.165, 1.54) is 10.7 Å². The van der Waals surface area contributed by atoms with Gasteiger partial charge in [0.25, 0.3) is 0 Å². The van der Waals surface area contributed by atoms with Crippen molar-refractivity contribution in [3.05, 3.63) is 41.7 Å². The Morgan fingerprint density at radius 1 is 1.26 bits per heavy atom. The first-order valence-electron chi connectivity index (χ1n) is 7.06. The van der Waals surface area contributed by atoms with Gasteiger partial charge in [0.2, 0.25) is 0 Å². The van der Waals surface area contributed by atoms with Crippen molar-refractivity contribution >= 4 is 17.7 Å². The van der Waals surface area contributed by atoms with Gasteiger partial charge in [-0.1, -0.05) is 6.07 Å². The van der Waals surface area contributed by atoms with E-state index in [9.17, 15) is 14.7 Å². The van der Waals surface area contributed by atoms with Crippen molar-refractivity contribution in [2.24, 2.45) is 0 Å². The summed E-state index contributed by atoms with van der Waals surface area (Å²) < 4.78 is 6.50. The molecule has 7 nitrogen and oxygen atoms in total. The summed E-state index contributed by atoms with van der Waals surface area (Å²) >= 11 is 0. The molecule has 1 heterocycles. The third kappa shape index (κ3) is 4.32. The fraction of sp³-hybridized carbons (Fsp3) is 0.312. The molecular formula is C16H19N3O4. The molecule has 1 aromatic carbocycles. The first-order chi connectivity index (χ1) is 10.7. The molecule has 1 aromatic heterocycles. The van der Waals surface area contributed by atoms with Crippen molar-refractivity contribution in [2.75, 3.05) is 5.32 Å². The zero-order valence-electron chi connectivity index (χ0n) is 13.5. The summed E-state index contributed by atoms with van der Waals surface area (Å²) in [4.78, 5) is 23.1. The quantitative estimate of drug-likeness (QED) is 0.906. The molecule has 0 aliphatic carbocycles. The predicted octanol–water partition coefficient (Wildman–Crippen LogP) is 3.23. The molecule has 0 bridgehead atoms. The van der Waals surface area contributed by atoms with E-state index in [-0.39, 0.29) is 5.69 Å². The van der Waals surface area contributed by atoms with Gasteiger partial charge in [-0.3, -0.25) is 5.32 Å². The third-order valence-electron chi connectivity index (χ3n) is 2.79. The molecule has 122 valence electrons. The number of carbonyl (C=O) groups excluding carboxylic acids is 1. The van der Waals surface area contributed by atoms with Crippen LogP contribution in [-0.4, -0.2) is 32.6 Å². The lowest BCUT2D eigenvalue weighted by molar-refractivity contribution is 0.0633. The Morgan fingerprint density at radius 3 is 2.57 bits per heavy atom. The number of carboxylic acids is 1. The fourth-order valence-electron chi connectivity index (χ4n) is 1.99.